The number of hydrogen-bond acceptors (Lipinski definition) is 7. The average molecular weight is 526 g/mol. The molecule has 188 valence electrons. The van der Waals surface area contributed by atoms with Gasteiger partial charge in [0.05, 0.1) is 19.1 Å². The fourth-order valence-electron chi connectivity index (χ4n) is 5.25. The van der Waals surface area contributed by atoms with Crippen LogP contribution in [0.2, 0.25) is 0 Å². The van der Waals surface area contributed by atoms with Crippen LogP contribution in [0, 0.1) is 5.92 Å². The topological polar surface area (TPSA) is 81.1 Å². The van der Waals surface area contributed by atoms with Gasteiger partial charge in [-0.05, 0) is 42.2 Å². The maximum atomic E-state index is 13.1. The van der Waals surface area contributed by atoms with Crippen LogP contribution in [0.4, 0.5) is 0 Å². The van der Waals surface area contributed by atoms with Gasteiger partial charge in [-0.3, -0.25) is 19.3 Å². The van der Waals surface area contributed by atoms with Crippen molar-refractivity contribution >= 4 is 46.2 Å². The molecule has 5 rings (SSSR count). The molecule has 2 fully saturated rings. The zero-order chi connectivity index (χ0) is 25.4. The van der Waals surface area contributed by atoms with Gasteiger partial charge in [0.1, 0.15) is 4.32 Å². The molecule has 2 amide bonds. The van der Waals surface area contributed by atoms with Gasteiger partial charge in [-0.15, -0.1) is 0 Å². The van der Waals surface area contributed by atoms with Crippen molar-refractivity contribution in [1.29, 1.82) is 0 Å². The van der Waals surface area contributed by atoms with Gasteiger partial charge in [-0.2, -0.15) is 0 Å². The van der Waals surface area contributed by atoms with Crippen LogP contribution in [0.3, 0.4) is 0 Å². The molecule has 4 heterocycles. The molecule has 2 aromatic rings. The maximum Gasteiger partial charge on any atom is 0.266 e. The maximum absolute atomic E-state index is 13.1. The van der Waals surface area contributed by atoms with E-state index in [9.17, 15) is 14.4 Å². The Labute approximate surface area is 218 Å². The van der Waals surface area contributed by atoms with Crippen molar-refractivity contribution in [3.8, 4) is 11.5 Å². The van der Waals surface area contributed by atoms with Crippen molar-refractivity contribution in [2.24, 2.45) is 5.92 Å². The molecule has 1 aromatic carbocycles. The normalized spacial score (nSPS) is 22.1. The number of piperidine rings is 1. The summed E-state index contributed by atoms with van der Waals surface area (Å²) in [6, 6.07) is 10.8. The third-order valence-electron chi connectivity index (χ3n) is 6.96. The number of thiocarbonyl (C=S) groups is 1. The lowest BCUT2D eigenvalue weighted by molar-refractivity contribution is -0.134. The molecule has 0 aliphatic carbocycles. The number of fused-ring (bicyclic) bond motifs is 4. The first-order valence-corrected chi connectivity index (χ1v) is 13.1. The molecule has 0 saturated carbocycles. The van der Waals surface area contributed by atoms with Gasteiger partial charge >= 0.3 is 0 Å². The zero-order valence-corrected chi connectivity index (χ0v) is 21.8. The van der Waals surface area contributed by atoms with E-state index in [-0.39, 0.29) is 42.2 Å². The number of benzene rings is 1. The quantitative estimate of drug-likeness (QED) is 0.424. The molecule has 36 heavy (non-hydrogen) atoms. The Morgan fingerprint density at radius 2 is 1.92 bits per heavy atom. The van der Waals surface area contributed by atoms with Gasteiger partial charge in [0, 0.05) is 50.3 Å². The highest BCUT2D eigenvalue weighted by atomic mass is 32.2. The van der Waals surface area contributed by atoms with Gasteiger partial charge in [0.25, 0.3) is 11.5 Å². The lowest BCUT2D eigenvalue weighted by Crippen LogP contribution is -2.49. The van der Waals surface area contributed by atoms with Crippen LogP contribution in [0.25, 0.3) is 6.08 Å². The molecule has 8 nitrogen and oxygen atoms in total. The van der Waals surface area contributed by atoms with Crippen LogP contribution in [0.5, 0.6) is 11.5 Å². The average Bonchev–Trinajstić information content (AvgIpc) is 3.14. The van der Waals surface area contributed by atoms with Crippen molar-refractivity contribution in [2.45, 2.75) is 25.3 Å². The number of amides is 2. The van der Waals surface area contributed by atoms with Gasteiger partial charge in [0.15, 0.2) is 11.5 Å². The van der Waals surface area contributed by atoms with Crippen LogP contribution < -0.4 is 15.0 Å². The Hall–Kier alpha value is -3.11. The molecule has 10 heteroatoms. The van der Waals surface area contributed by atoms with Crippen LogP contribution in [0.15, 0.2) is 46.1 Å². The number of carbonyl (C=O) groups excluding carboxylic acids is 2. The predicted molar refractivity (Wildman–Crippen MR) is 142 cm³/mol. The Morgan fingerprint density at radius 3 is 2.69 bits per heavy atom. The lowest BCUT2D eigenvalue weighted by Gasteiger charge is -2.42. The summed E-state index contributed by atoms with van der Waals surface area (Å²) in [6.45, 7) is 2.11. The highest BCUT2D eigenvalue weighted by Crippen LogP contribution is 2.36. The van der Waals surface area contributed by atoms with E-state index in [1.165, 1.54) is 16.7 Å². The number of nitrogens with zero attached hydrogens (tertiary/aromatic N) is 3. The summed E-state index contributed by atoms with van der Waals surface area (Å²) in [4.78, 5) is 42.3. The minimum atomic E-state index is -0.198. The summed E-state index contributed by atoms with van der Waals surface area (Å²) < 4.78 is 12.9. The van der Waals surface area contributed by atoms with Crippen molar-refractivity contribution in [3.05, 3.63) is 62.9 Å². The summed E-state index contributed by atoms with van der Waals surface area (Å²) in [5, 5.41) is 0. The number of thioether (sulfide) groups is 1. The molecule has 0 N–H and O–H groups in total. The van der Waals surface area contributed by atoms with Crippen LogP contribution in [0.1, 0.15) is 30.0 Å². The third kappa shape index (κ3) is 4.67. The van der Waals surface area contributed by atoms with E-state index in [1.807, 2.05) is 21.6 Å². The molecule has 0 spiro atoms. The van der Waals surface area contributed by atoms with E-state index in [4.69, 9.17) is 21.7 Å². The van der Waals surface area contributed by atoms with Gasteiger partial charge in [0.2, 0.25) is 5.91 Å². The molecule has 0 unspecified atom stereocenters. The van der Waals surface area contributed by atoms with E-state index in [0.717, 1.165) is 17.7 Å². The molecule has 3 aliphatic heterocycles. The minimum absolute atomic E-state index is 0.00866. The van der Waals surface area contributed by atoms with Gasteiger partial charge in [-0.1, -0.05) is 36.1 Å². The van der Waals surface area contributed by atoms with Crippen molar-refractivity contribution in [1.82, 2.24) is 14.4 Å². The summed E-state index contributed by atoms with van der Waals surface area (Å²) in [5.74, 6) is 1.42. The van der Waals surface area contributed by atoms with Crippen LogP contribution in [-0.2, 0) is 16.1 Å². The van der Waals surface area contributed by atoms with Crippen molar-refractivity contribution < 1.29 is 19.1 Å². The molecular weight excluding hydrogens is 498 g/mol. The van der Waals surface area contributed by atoms with E-state index < -0.39 is 0 Å². The minimum Gasteiger partial charge on any atom is -0.493 e. The molecular formula is C26H27N3O5S2. The van der Waals surface area contributed by atoms with E-state index >= 15 is 0 Å². The monoisotopic (exact) mass is 525 g/mol. The number of methoxy groups -OCH3 is 2. The second-order valence-electron chi connectivity index (χ2n) is 9.19. The molecule has 2 saturated heterocycles. The van der Waals surface area contributed by atoms with E-state index in [0.29, 0.717) is 40.4 Å². The first-order chi connectivity index (χ1) is 17.4. The molecule has 3 aliphatic rings. The Kier molecular flexibility index (Phi) is 6.90. The molecule has 0 radical (unpaired) electrons. The number of hydrogen-bond donors (Lipinski definition) is 0. The number of aromatic nitrogens is 1. The van der Waals surface area contributed by atoms with Crippen molar-refractivity contribution in [2.75, 3.05) is 33.9 Å². The fraction of sp³-hybridized carbons (Fsp3) is 0.385. The second-order valence-corrected chi connectivity index (χ2v) is 10.9. The lowest BCUT2D eigenvalue weighted by atomic mass is 9.83. The third-order valence-corrected chi connectivity index (χ3v) is 8.34. The highest BCUT2D eigenvalue weighted by Gasteiger charge is 2.37. The predicted octanol–water partition coefficient (Wildman–Crippen LogP) is 3.10. The first-order valence-electron chi connectivity index (χ1n) is 11.8. The molecule has 1 aromatic heterocycles. The summed E-state index contributed by atoms with van der Waals surface area (Å²) in [6.07, 6.45) is 2.97. The number of rotatable bonds is 6. The first kappa shape index (κ1) is 24.6. The molecule has 2 bridgehead atoms. The molecule has 2 atom stereocenters. The van der Waals surface area contributed by atoms with Crippen LogP contribution >= 0.6 is 24.0 Å². The Bertz CT molecular complexity index is 1320. The second kappa shape index (κ2) is 10.1. The zero-order valence-electron chi connectivity index (χ0n) is 20.1. The number of likely N-dealkylation sites (tertiary alicyclic amines) is 1. The largest absolute Gasteiger partial charge is 0.493 e. The number of carbonyl (C=O) groups is 2. The summed E-state index contributed by atoms with van der Waals surface area (Å²) in [5.41, 5.74) is 1.83. The van der Waals surface area contributed by atoms with Gasteiger partial charge < -0.3 is 18.9 Å². The number of ether oxygens (including phenoxy) is 2. The SMILES string of the molecule is COc1ccc(C=C2SC(=S)N(CCC(=O)N3C[C@H]4C[C@@H](C3)c3cccc(=O)n3C4)C2=O)cc1OC. The Balaban J connectivity index is 1.23. The standard InChI is InChI=1S/C26H27N3O5S2/c1-33-20-7-6-16(11-21(20)34-2)12-22-25(32)28(26(35)36-22)9-8-23(30)27-13-17-10-18(15-27)19-4-3-5-24(31)29(19)14-17/h3-7,11-12,17-18H,8-10,13-15H2,1-2H3/t17-,18+/m1/s1. The fourth-order valence-corrected chi connectivity index (χ4v) is 6.56. The van der Waals surface area contributed by atoms with Crippen molar-refractivity contribution in [3.63, 3.8) is 0 Å². The summed E-state index contributed by atoms with van der Waals surface area (Å²) >= 11 is 6.69. The van der Waals surface area contributed by atoms with Crippen LogP contribution in [-0.4, -0.2) is 64.4 Å². The Morgan fingerprint density at radius 1 is 1.11 bits per heavy atom. The highest BCUT2D eigenvalue weighted by molar-refractivity contribution is 8.26. The smallest absolute Gasteiger partial charge is 0.266 e. The van der Waals surface area contributed by atoms with Gasteiger partial charge in [-0.25, -0.2) is 0 Å². The summed E-state index contributed by atoms with van der Waals surface area (Å²) in [7, 11) is 3.13. The van der Waals surface area contributed by atoms with E-state index in [1.54, 1.807) is 44.6 Å². The number of pyridine rings is 1. The van der Waals surface area contributed by atoms with E-state index in [2.05, 4.69) is 0 Å².